The van der Waals surface area contributed by atoms with Crippen LogP contribution in [0.2, 0.25) is 0 Å². The summed E-state index contributed by atoms with van der Waals surface area (Å²) in [5.74, 6) is 0.250. The number of hydrogen-bond acceptors (Lipinski definition) is 3. The summed E-state index contributed by atoms with van der Waals surface area (Å²) in [6, 6.07) is 2.13. The molecular weight excluding hydrogens is 214 g/mol. The van der Waals surface area contributed by atoms with Crippen LogP contribution in [0.3, 0.4) is 0 Å². The first-order chi connectivity index (χ1) is 8.06. The third-order valence-electron chi connectivity index (χ3n) is 2.83. The lowest BCUT2D eigenvalue weighted by atomic mass is 10.1. The standard InChI is InChI=1S/C13H23N3O/c1-4-11-8-12(16(5-2)15-11)9-13(17)7-6-10(3)14/h8,10H,4-7,9,14H2,1-3H3. The maximum absolute atomic E-state index is 11.8. The van der Waals surface area contributed by atoms with E-state index in [0.717, 1.165) is 30.8 Å². The average Bonchev–Trinajstić information content (AvgIpc) is 2.68. The fourth-order valence-corrected chi connectivity index (χ4v) is 1.78. The first-order valence-electron chi connectivity index (χ1n) is 6.39. The summed E-state index contributed by atoms with van der Waals surface area (Å²) in [5, 5.41) is 4.44. The van der Waals surface area contributed by atoms with Gasteiger partial charge in [0.2, 0.25) is 0 Å². The molecule has 4 heteroatoms. The zero-order chi connectivity index (χ0) is 12.8. The predicted molar refractivity (Wildman–Crippen MR) is 68.9 cm³/mol. The molecule has 1 atom stereocenters. The van der Waals surface area contributed by atoms with Crippen LogP contribution in [-0.4, -0.2) is 21.6 Å². The van der Waals surface area contributed by atoms with Gasteiger partial charge in [0.15, 0.2) is 0 Å². The van der Waals surface area contributed by atoms with Crippen molar-refractivity contribution >= 4 is 5.78 Å². The highest BCUT2D eigenvalue weighted by Gasteiger charge is 2.11. The molecule has 0 aliphatic heterocycles. The number of carbonyl (C=O) groups is 1. The van der Waals surface area contributed by atoms with Crippen LogP contribution in [0.25, 0.3) is 0 Å². The number of nitrogens with zero attached hydrogens (tertiary/aromatic N) is 2. The van der Waals surface area contributed by atoms with Crippen molar-refractivity contribution in [3.63, 3.8) is 0 Å². The molecule has 4 nitrogen and oxygen atoms in total. The Labute approximate surface area is 103 Å². The molecule has 0 saturated heterocycles. The number of rotatable bonds is 7. The lowest BCUT2D eigenvalue weighted by molar-refractivity contribution is -0.118. The van der Waals surface area contributed by atoms with Gasteiger partial charge in [-0.05, 0) is 32.8 Å². The second-order valence-electron chi connectivity index (χ2n) is 4.53. The largest absolute Gasteiger partial charge is 0.328 e. The van der Waals surface area contributed by atoms with Gasteiger partial charge in [-0.2, -0.15) is 5.10 Å². The highest BCUT2D eigenvalue weighted by Crippen LogP contribution is 2.09. The van der Waals surface area contributed by atoms with Crippen LogP contribution in [0.5, 0.6) is 0 Å². The maximum Gasteiger partial charge on any atom is 0.138 e. The van der Waals surface area contributed by atoms with Crippen molar-refractivity contribution in [2.75, 3.05) is 0 Å². The van der Waals surface area contributed by atoms with E-state index >= 15 is 0 Å². The number of aromatic nitrogens is 2. The van der Waals surface area contributed by atoms with E-state index in [2.05, 4.69) is 12.0 Å². The molecule has 0 aromatic carbocycles. The van der Waals surface area contributed by atoms with E-state index in [-0.39, 0.29) is 11.8 Å². The van der Waals surface area contributed by atoms with Crippen molar-refractivity contribution in [2.24, 2.45) is 5.73 Å². The van der Waals surface area contributed by atoms with E-state index in [1.54, 1.807) is 0 Å². The molecule has 0 aliphatic carbocycles. The molecule has 0 saturated carbocycles. The molecule has 0 fully saturated rings. The minimum atomic E-state index is 0.0984. The number of carbonyl (C=O) groups excluding carboxylic acids is 1. The molecule has 0 spiro atoms. The van der Waals surface area contributed by atoms with E-state index in [9.17, 15) is 4.79 Å². The summed E-state index contributed by atoms with van der Waals surface area (Å²) in [6.07, 6.45) is 2.72. The fraction of sp³-hybridized carbons (Fsp3) is 0.692. The summed E-state index contributed by atoms with van der Waals surface area (Å²) in [5.41, 5.74) is 7.73. The Kier molecular flexibility index (Phi) is 5.35. The quantitative estimate of drug-likeness (QED) is 0.785. The second kappa shape index (κ2) is 6.55. The highest BCUT2D eigenvalue weighted by atomic mass is 16.1. The summed E-state index contributed by atoms with van der Waals surface area (Å²) < 4.78 is 1.92. The van der Waals surface area contributed by atoms with E-state index in [4.69, 9.17) is 5.73 Å². The normalized spacial score (nSPS) is 12.7. The predicted octanol–water partition coefficient (Wildman–Crippen LogP) is 1.70. The molecule has 1 rings (SSSR count). The van der Waals surface area contributed by atoms with Gasteiger partial charge in [-0.15, -0.1) is 0 Å². The fourth-order valence-electron chi connectivity index (χ4n) is 1.78. The molecule has 0 bridgehead atoms. The zero-order valence-corrected chi connectivity index (χ0v) is 11.1. The van der Waals surface area contributed by atoms with Gasteiger partial charge in [-0.25, -0.2) is 0 Å². The van der Waals surface area contributed by atoms with Gasteiger partial charge in [0.25, 0.3) is 0 Å². The van der Waals surface area contributed by atoms with Gasteiger partial charge in [0.1, 0.15) is 5.78 Å². The third kappa shape index (κ3) is 4.30. The van der Waals surface area contributed by atoms with E-state index in [1.165, 1.54) is 0 Å². The van der Waals surface area contributed by atoms with Crippen LogP contribution in [0.15, 0.2) is 6.07 Å². The summed E-state index contributed by atoms with van der Waals surface area (Å²) >= 11 is 0. The maximum atomic E-state index is 11.8. The van der Waals surface area contributed by atoms with Crippen molar-refractivity contribution in [3.05, 3.63) is 17.5 Å². The van der Waals surface area contributed by atoms with Gasteiger partial charge >= 0.3 is 0 Å². The molecule has 0 aliphatic rings. The molecular formula is C13H23N3O. The van der Waals surface area contributed by atoms with Crippen molar-refractivity contribution in [2.45, 2.75) is 59.0 Å². The lowest BCUT2D eigenvalue weighted by Crippen LogP contribution is -2.17. The minimum absolute atomic E-state index is 0.0984. The molecule has 1 aromatic rings. The van der Waals surface area contributed by atoms with Crippen LogP contribution in [0.4, 0.5) is 0 Å². The molecule has 1 unspecified atom stereocenters. The second-order valence-corrected chi connectivity index (χ2v) is 4.53. The first kappa shape index (κ1) is 13.9. The van der Waals surface area contributed by atoms with Crippen LogP contribution < -0.4 is 5.73 Å². The Morgan fingerprint density at radius 3 is 2.76 bits per heavy atom. The molecule has 1 aromatic heterocycles. The van der Waals surface area contributed by atoms with Gasteiger partial charge in [0.05, 0.1) is 5.69 Å². The van der Waals surface area contributed by atoms with Crippen molar-refractivity contribution < 1.29 is 4.79 Å². The zero-order valence-electron chi connectivity index (χ0n) is 11.1. The van der Waals surface area contributed by atoms with Crippen molar-refractivity contribution in [1.29, 1.82) is 0 Å². The Morgan fingerprint density at radius 1 is 1.53 bits per heavy atom. The molecule has 17 heavy (non-hydrogen) atoms. The van der Waals surface area contributed by atoms with Gasteiger partial charge in [-0.1, -0.05) is 6.92 Å². The number of aryl methyl sites for hydroxylation is 2. The average molecular weight is 237 g/mol. The first-order valence-corrected chi connectivity index (χ1v) is 6.39. The van der Waals surface area contributed by atoms with Gasteiger partial charge in [-0.3, -0.25) is 9.48 Å². The molecule has 2 N–H and O–H groups in total. The van der Waals surface area contributed by atoms with Crippen LogP contribution in [0.1, 0.15) is 45.0 Å². The minimum Gasteiger partial charge on any atom is -0.328 e. The van der Waals surface area contributed by atoms with E-state index in [0.29, 0.717) is 12.8 Å². The van der Waals surface area contributed by atoms with Gasteiger partial charge in [0, 0.05) is 31.1 Å². The SMILES string of the molecule is CCc1cc(CC(=O)CCC(C)N)n(CC)n1. The van der Waals surface area contributed by atoms with Crippen LogP contribution in [-0.2, 0) is 24.2 Å². The Balaban J connectivity index is 2.60. The lowest BCUT2D eigenvalue weighted by Gasteiger charge is -2.05. The van der Waals surface area contributed by atoms with Crippen molar-refractivity contribution in [1.82, 2.24) is 9.78 Å². The number of hydrogen-bond donors (Lipinski definition) is 1. The molecule has 0 amide bonds. The highest BCUT2D eigenvalue weighted by molar-refractivity contribution is 5.80. The summed E-state index contributed by atoms with van der Waals surface area (Å²) in [6.45, 7) is 6.86. The summed E-state index contributed by atoms with van der Waals surface area (Å²) in [4.78, 5) is 11.8. The molecule has 0 radical (unpaired) electrons. The molecule has 96 valence electrons. The van der Waals surface area contributed by atoms with E-state index < -0.39 is 0 Å². The van der Waals surface area contributed by atoms with Crippen LogP contribution >= 0.6 is 0 Å². The monoisotopic (exact) mass is 237 g/mol. The Hall–Kier alpha value is -1.16. The molecule has 1 heterocycles. The van der Waals surface area contributed by atoms with Crippen molar-refractivity contribution in [3.8, 4) is 0 Å². The Morgan fingerprint density at radius 2 is 2.24 bits per heavy atom. The number of ketones is 1. The topological polar surface area (TPSA) is 60.9 Å². The third-order valence-corrected chi connectivity index (χ3v) is 2.83. The van der Waals surface area contributed by atoms with Gasteiger partial charge < -0.3 is 5.73 Å². The van der Waals surface area contributed by atoms with E-state index in [1.807, 2.05) is 24.6 Å². The smallest absolute Gasteiger partial charge is 0.138 e. The summed E-state index contributed by atoms with van der Waals surface area (Å²) in [7, 11) is 0. The Bertz CT molecular complexity index is 369. The van der Waals surface area contributed by atoms with Crippen LogP contribution in [0, 0.1) is 0 Å². The number of Topliss-reactive ketones (excluding diaryl/α,β-unsaturated/α-hetero) is 1. The number of nitrogens with two attached hydrogens (primary N) is 1.